The molecule has 2 aromatic carbocycles. The Morgan fingerprint density at radius 3 is 2.48 bits per heavy atom. The van der Waals surface area contributed by atoms with Gasteiger partial charge in [0.05, 0.1) is 20.8 Å². The first-order valence-corrected chi connectivity index (χ1v) is 8.04. The third-order valence-electron chi connectivity index (χ3n) is 3.96. The van der Waals surface area contributed by atoms with Crippen molar-refractivity contribution >= 4 is 0 Å². The van der Waals surface area contributed by atoms with Gasteiger partial charge in [-0.05, 0) is 30.7 Å². The van der Waals surface area contributed by atoms with Gasteiger partial charge in [0.2, 0.25) is 11.8 Å². The van der Waals surface area contributed by atoms with Crippen LogP contribution in [0.2, 0.25) is 0 Å². The van der Waals surface area contributed by atoms with Crippen molar-refractivity contribution in [1.29, 1.82) is 0 Å². The Morgan fingerprint density at radius 2 is 1.76 bits per heavy atom. The van der Waals surface area contributed by atoms with E-state index >= 15 is 0 Å². The number of nitrogens with one attached hydrogen (secondary N) is 1. The SMILES string of the molecule is COc1ccc(-c2nnc(CNC(C)c3ccccc3)o2)cc1OC. The van der Waals surface area contributed by atoms with Crippen LogP contribution in [0.25, 0.3) is 11.5 Å². The maximum Gasteiger partial charge on any atom is 0.247 e. The molecule has 0 amide bonds. The number of hydrogen-bond donors (Lipinski definition) is 1. The maximum absolute atomic E-state index is 5.75. The van der Waals surface area contributed by atoms with Gasteiger partial charge < -0.3 is 19.2 Å². The Bertz CT molecular complexity index is 818. The smallest absolute Gasteiger partial charge is 0.247 e. The number of rotatable bonds is 7. The fraction of sp³-hybridized carbons (Fsp3) is 0.263. The minimum Gasteiger partial charge on any atom is -0.493 e. The molecule has 25 heavy (non-hydrogen) atoms. The highest BCUT2D eigenvalue weighted by atomic mass is 16.5. The minimum atomic E-state index is 0.192. The molecule has 0 radical (unpaired) electrons. The monoisotopic (exact) mass is 339 g/mol. The lowest BCUT2D eigenvalue weighted by Crippen LogP contribution is -2.18. The van der Waals surface area contributed by atoms with Crippen molar-refractivity contribution < 1.29 is 13.9 Å². The lowest BCUT2D eigenvalue weighted by molar-refractivity contribution is 0.355. The number of hydrogen-bond acceptors (Lipinski definition) is 6. The molecule has 1 unspecified atom stereocenters. The zero-order valence-corrected chi connectivity index (χ0v) is 14.5. The van der Waals surface area contributed by atoms with Gasteiger partial charge in [0, 0.05) is 11.6 Å². The predicted octanol–water partition coefficient (Wildman–Crippen LogP) is 3.60. The summed E-state index contributed by atoms with van der Waals surface area (Å²) in [6.45, 7) is 2.59. The summed E-state index contributed by atoms with van der Waals surface area (Å²) in [6.07, 6.45) is 0. The summed E-state index contributed by atoms with van der Waals surface area (Å²) in [5.74, 6) is 2.26. The summed E-state index contributed by atoms with van der Waals surface area (Å²) < 4.78 is 16.3. The second kappa shape index (κ2) is 7.81. The van der Waals surface area contributed by atoms with Crippen molar-refractivity contribution in [2.75, 3.05) is 14.2 Å². The summed E-state index contributed by atoms with van der Waals surface area (Å²) in [5, 5.41) is 11.6. The number of methoxy groups -OCH3 is 2. The topological polar surface area (TPSA) is 69.4 Å². The molecule has 6 nitrogen and oxygen atoms in total. The molecule has 3 rings (SSSR count). The normalized spacial score (nSPS) is 12.0. The van der Waals surface area contributed by atoms with E-state index in [-0.39, 0.29) is 6.04 Å². The molecule has 1 atom stereocenters. The highest BCUT2D eigenvalue weighted by Gasteiger charge is 2.13. The average molecular weight is 339 g/mol. The molecule has 0 saturated carbocycles. The van der Waals surface area contributed by atoms with Crippen molar-refractivity contribution in [2.45, 2.75) is 19.5 Å². The fourth-order valence-electron chi connectivity index (χ4n) is 2.51. The van der Waals surface area contributed by atoms with Crippen LogP contribution in [-0.4, -0.2) is 24.4 Å². The van der Waals surface area contributed by atoms with Crippen molar-refractivity contribution in [3.63, 3.8) is 0 Å². The first-order valence-electron chi connectivity index (χ1n) is 8.04. The molecule has 0 aliphatic carbocycles. The minimum absolute atomic E-state index is 0.192. The van der Waals surface area contributed by atoms with E-state index in [0.29, 0.717) is 29.8 Å². The van der Waals surface area contributed by atoms with E-state index in [1.165, 1.54) is 5.56 Å². The van der Waals surface area contributed by atoms with Crippen LogP contribution in [0.5, 0.6) is 11.5 Å². The summed E-state index contributed by atoms with van der Waals surface area (Å²) >= 11 is 0. The molecule has 0 aliphatic rings. The van der Waals surface area contributed by atoms with Crippen LogP contribution in [0.15, 0.2) is 52.9 Å². The third-order valence-corrected chi connectivity index (χ3v) is 3.96. The lowest BCUT2D eigenvalue weighted by Gasteiger charge is -2.12. The fourth-order valence-corrected chi connectivity index (χ4v) is 2.51. The van der Waals surface area contributed by atoms with Crippen LogP contribution >= 0.6 is 0 Å². The van der Waals surface area contributed by atoms with E-state index in [1.807, 2.05) is 36.4 Å². The molecule has 1 aromatic heterocycles. The quantitative estimate of drug-likeness (QED) is 0.709. The second-order valence-corrected chi connectivity index (χ2v) is 5.58. The molecule has 130 valence electrons. The van der Waals surface area contributed by atoms with Crippen molar-refractivity contribution in [3.8, 4) is 23.0 Å². The Kier molecular flexibility index (Phi) is 5.30. The first kappa shape index (κ1) is 17.0. The van der Waals surface area contributed by atoms with Crippen molar-refractivity contribution in [2.24, 2.45) is 0 Å². The molecule has 6 heteroatoms. The summed E-state index contributed by atoms with van der Waals surface area (Å²) in [4.78, 5) is 0. The van der Waals surface area contributed by atoms with Gasteiger partial charge in [-0.2, -0.15) is 0 Å². The molecule has 0 aliphatic heterocycles. The van der Waals surface area contributed by atoms with E-state index in [9.17, 15) is 0 Å². The van der Waals surface area contributed by atoms with Crippen LogP contribution in [0.3, 0.4) is 0 Å². The summed E-state index contributed by atoms with van der Waals surface area (Å²) in [6, 6.07) is 15.9. The molecule has 1 heterocycles. The standard InChI is InChI=1S/C19H21N3O3/c1-13(14-7-5-4-6-8-14)20-12-18-21-22-19(25-18)15-9-10-16(23-2)17(11-15)24-3/h4-11,13,20H,12H2,1-3H3. The van der Waals surface area contributed by atoms with Crippen LogP contribution in [0, 0.1) is 0 Å². The predicted molar refractivity (Wildman–Crippen MR) is 94.5 cm³/mol. The highest BCUT2D eigenvalue weighted by molar-refractivity contribution is 5.59. The maximum atomic E-state index is 5.75. The number of benzene rings is 2. The van der Waals surface area contributed by atoms with Gasteiger partial charge in [0.15, 0.2) is 11.5 Å². The molecule has 0 saturated heterocycles. The molecule has 0 fully saturated rings. The Morgan fingerprint density at radius 1 is 1.00 bits per heavy atom. The highest BCUT2D eigenvalue weighted by Crippen LogP contribution is 2.31. The zero-order chi connectivity index (χ0) is 17.6. The van der Waals surface area contributed by atoms with Gasteiger partial charge in [0.1, 0.15) is 0 Å². The van der Waals surface area contributed by atoms with Gasteiger partial charge >= 0.3 is 0 Å². The van der Waals surface area contributed by atoms with E-state index < -0.39 is 0 Å². The molecular formula is C19H21N3O3. The average Bonchev–Trinajstić information content (AvgIpc) is 3.15. The molecular weight excluding hydrogens is 318 g/mol. The number of nitrogens with zero attached hydrogens (tertiary/aromatic N) is 2. The van der Waals surface area contributed by atoms with Gasteiger partial charge in [-0.25, -0.2) is 0 Å². The van der Waals surface area contributed by atoms with E-state index in [1.54, 1.807) is 14.2 Å². The van der Waals surface area contributed by atoms with Crippen molar-refractivity contribution in [1.82, 2.24) is 15.5 Å². The Hall–Kier alpha value is -2.86. The molecule has 0 bridgehead atoms. The van der Waals surface area contributed by atoms with Gasteiger partial charge in [-0.15, -0.1) is 10.2 Å². The van der Waals surface area contributed by atoms with Gasteiger partial charge in [-0.3, -0.25) is 0 Å². The van der Waals surface area contributed by atoms with E-state index in [2.05, 4.69) is 34.6 Å². The Balaban J connectivity index is 1.68. The van der Waals surface area contributed by atoms with E-state index in [4.69, 9.17) is 13.9 Å². The van der Waals surface area contributed by atoms with Crippen LogP contribution in [0.4, 0.5) is 0 Å². The molecule has 3 aromatic rings. The van der Waals surface area contributed by atoms with Crippen LogP contribution < -0.4 is 14.8 Å². The van der Waals surface area contributed by atoms with Gasteiger partial charge in [0.25, 0.3) is 0 Å². The Labute approximate surface area is 146 Å². The summed E-state index contributed by atoms with van der Waals surface area (Å²) in [7, 11) is 3.19. The van der Waals surface area contributed by atoms with Gasteiger partial charge in [-0.1, -0.05) is 30.3 Å². The molecule has 1 N–H and O–H groups in total. The van der Waals surface area contributed by atoms with Crippen molar-refractivity contribution in [3.05, 3.63) is 60.0 Å². The number of aromatic nitrogens is 2. The van der Waals surface area contributed by atoms with Crippen LogP contribution in [0.1, 0.15) is 24.4 Å². The largest absolute Gasteiger partial charge is 0.493 e. The van der Waals surface area contributed by atoms with Crippen LogP contribution in [-0.2, 0) is 6.54 Å². The zero-order valence-electron chi connectivity index (χ0n) is 14.5. The third kappa shape index (κ3) is 3.97. The molecule has 0 spiro atoms. The van der Waals surface area contributed by atoms with E-state index in [0.717, 1.165) is 5.56 Å². The first-order chi connectivity index (χ1) is 12.2. The number of ether oxygens (including phenoxy) is 2. The summed E-state index contributed by atoms with van der Waals surface area (Å²) in [5.41, 5.74) is 2.00. The second-order valence-electron chi connectivity index (χ2n) is 5.58. The lowest BCUT2D eigenvalue weighted by atomic mass is 10.1.